The Balaban J connectivity index is 1.28. The molecule has 8 nitrogen and oxygen atoms in total. The number of nitrogens with one attached hydrogen (secondary N) is 1. The standard InChI is InChI=1S/C30H24F6N6O2/c1-17-14-22(41-25-7-4-20(30(34,35)36)15-23(25)38-28(41)44)10-13-40(17)27(43)24-16-26(18-8-11-37-12-9-18)42(39-24)21-5-2-19(3-6-21)29(31,32)33/h2-9,11-12,15-17,22H,10,13-14H2,1H3,(H,38,44)/t17-,22+/m1/s1. The number of nitrogens with zero attached hydrogens (tertiary/aromatic N) is 5. The van der Waals surface area contributed by atoms with Crippen LogP contribution in [0.25, 0.3) is 28.0 Å². The summed E-state index contributed by atoms with van der Waals surface area (Å²) in [6.45, 7) is 2.05. The Labute approximate surface area is 245 Å². The maximum Gasteiger partial charge on any atom is 0.416 e. The summed E-state index contributed by atoms with van der Waals surface area (Å²) in [4.78, 5) is 34.6. The van der Waals surface area contributed by atoms with Crippen LogP contribution in [-0.4, -0.2) is 47.7 Å². The summed E-state index contributed by atoms with van der Waals surface area (Å²) >= 11 is 0. The van der Waals surface area contributed by atoms with E-state index in [2.05, 4.69) is 15.1 Å². The number of pyridine rings is 1. The number of imidazole rings is 1. The molecular formula is C30H24F6N6O2. The summed E-state index contributed by atoms with van der Waals surface area (Å²) in [6, 6.07) is 11.8. The monoisotopic (exact) mass is 614 g/mol. The van der Waals surface area contributed by atoms with Crippen molar-refractivity contribution < 1.29 is 31.1 Å². The summed E-state index contributed by atoms with van der Waals surface area (Å²) in [5, 5.41) is 4.48. The Morgan fingerprint density at radius 2 is 1.57 bits per heavy atom. The quantitative estimate of drug-likeness (QED) is 0.235. The van der Waals surface area contributed by atoms with E-state index in [1.807, 2.05) is 6.92 Å². The fourth-order valence-corrected chi connectivity index (χ4v) is 5.70. The predicted molar refractivity (Wildman–Crippen MR) is 148 cm³/mol. The number of carbonyl (C=O) groups excluding carboxylic acids is 1. The largest absolute Gasteiger partial charge is 0.416 e. The van der Waals surface area contributed by atoms with Crippen LogP contribution in [0.15, 0.2) is 77.9 Å². The van der Waals surface area contributed by atoms with Gasteiger partial charge in [-0.15, -0.1) is 0 Å². The van der Waals surface area contributed by atoms with Gasteiger partial charge in [-0.25, -0.2) is 9.48 Å². The smallest absolute Gasteiger partial charge is 0.334 e. The number of H-pyrrole nitrogens is 1. The van der Waals surface area contributed by atoms with Gasteiger partial charge in [-0.05, 0) is 80.4 Å². The van der Waals surface area contributed by atoms with E-state index in [9.17, 15) is 35.9 Å². The molecule has 5 aromatic rings. The van der Waals surface area contributed by atoms with Crippen LogP contribution in [0.4, 0.5) is 26.3 Å². The zero-order valence-corrected chi connectivity index (χ0v) is 23.0. The number of carbonyl (C=O) groups is 1. The van der Waals surface area contributed by atoms with Gasteiger partial charge in [0, 0.05) is 36.6 Å². The normalized spacial score (nSPS) is 17.8. The fourth-order valence-electron chi connectivity index (χ4n) is 5.70. The van der Waals surface area contributed by atoms with Crippen molar-refractivity contribution >= 4 is 16.9 Å². The zero-order chi connectivity index (χ0) is 31.4. The third-order valence-electron chi connectivity index (χ3n) is 7.86. The Morgan fingerprint density at radius 3 is 2.20 bits per heavy atom. The molecule has 0 unspecified atom stereocenters. The van der Waals surface area contributed by atoms with Gasteiger partial charge in [0.1, 0.15) is 0 Å². The second-order valence-electron chi connectivity index (χ2n) is 10.7. The Kier molecular flexibility index (Phi) is 7.09. The molecule has 0 aliphatic carbocycles. The third kappa shape index (κ3) is 5.35. The second-order valence-corrected chi connectivity index (χ2v) is 10.7. The number of alkyl halides is 6. The van der Waals surface area contributed by atoms with Crippen molar-refractivity contribution in [3.8, 4) is 16.9 Å². The van der Waals surface area contributed by atoms with Gasteiger partial charge in [-0.1, -0.05) is 0 Å². The summed E-state index contributed by atoms with van der Waals surface area (Å²) in [6.07, 6.45) is -5.25. The first-order chi connectivity index (χ1) is 20.8. The molecule has 1 aliphatic rings. The van der Waals surface area contributed by atoms with Crippen LogP contribution in [0.1, 0.15) is 47.4 Å². The number of hydrogen-bond donors (Lipinski definition) is 1. The highest BCUT2D eigenvalue weighted by Gasteiger charge is 2.35. The van der Waals surface area contributed by atoms with Crippen LogP contribution in [0.3, 0.4) is 0 Å². The first-order valence-corrected chi connectivity index (χ1v) is 13.6. The van der Waals surface area contributed by atoms with Crippen molar-refractivity contribution in [2.75, 3.05) is 6.54 Å². The number of hydrogen-bond acceptors (Lipinski definition) is 4. The van der Waals surface area contributed by atoms with Gasteiger partial charge in [-0.3, -0.25) is 14.3 Å². The number of amides is 1. The number of piperidine rings is 1. The van der Waals surface area contributed by atoms with E-state index < -0.39 is 35.1 Å². The Morgan fingerprint density at radius 1 is 0.909 bits per heavy atom. The molecule has 1 saturated heterocycles. The molecule has 1 fully saturated rings. The lowest BCUT2D eigenvalue weighted by Gasteiger charge is -2.37. The van der Waals surface area contributed by atoms with E-state index >= 15 is 0 Å². The molecule has 4 heterocycles. The number of aromatic amines is 1. The van der Waals surface area contributed by atoms with Gasteiger partial charge in [0.2, 0.25) is 0 Å². The van der Waals surface area contributed by atoms with Crippen LogP contribution < -0.4 is 5.69 Å². The number of halogens is 6. The van der Waals surface area contributed by atoms with Gasteiger partial charge in [0.05, 0.1) is 33.5 Å². The first kappa shape index (κ1) is 29.2. The topological polar surface area (TPSA) is 88.8 Å². The maximum atomic E-state index is 13.7. The van der Waals surface area contributed by atoms with Gasteiger partial charge in [0.15, 0.2) is 5.69 Å². The summed E-state index contributed by atoms with van der Waals surface area (Å²) in [7, 11) is 0. The average Bonchev–Trinajstić information content (AvgIpc) is 3.57. The van der Waals surface area contributed by atoms with Crippen molar-refractivity contribution in [3.05, 3.63) is 100 Å². The molecule has 44 heavy (non-hydrogen) atoms. The molecular weight excluding hydrogens is 590 g/mol. The van der Waals surface area contributed by atoms with E-state index in [4.69, 9.17) is 0 Å². The molecule has 0 spiro atoms. The van der Waals surface area contributed by atoms with E-state index in [0.717, 1.165) is 24.3 Å². The van der Waals surface area contributed by atoms with Crippen LogP contribution in [0, 0.1) is 0 Å². The summed E-state index contributed by atoms with van der Waals surface area (Å²) in [5.41, 5.74) is -0.281. The molecule has 6 rings (SSSR count). The minimum Gasteiger partial charge on any atom is -0.334 e. The molecule has 2 aromatic carbocycles. The highest BCUT2D eigenvalue weighted by Crippen LogP contribution is 2.34. The Bertz CT molecular complexity index is 1890. The zero-order valence-electron chi connectivity index (χ0n) is 23.0. The fraction of sp³-hybridized carbons (Fsp3) is 0.267. The molecule has 3 aromatic heterocycles. The van der Waals surface area contributed by atoms with E-state index in [-0.39, 0.29) is 29.8 Å². The van der Waals surface area contributed by atoms with Crippen molar-refractivity contribution in [1.82, 2.24) is 29.2 Å². The second kappa shape index (κ2) is 10.7. The van der Waals surface area contributed by atoms with Crippen molar-refractivity contribution in [2.45, 2.75) is 44.2 Å². The SMILES string of the molecule is C[C@@H]1C[C@@H](n2c(=O)[nH]c3cc(C(F)(F)F)ccc32)CCN1C(=O)c1cc(-c2ccncc2)n(-c2ccc(C(F)(F)F)cc2)n1. The minimum atomic E-state index is -4.55. The number of benzene rings is 2. The molecule has 2 atom stereocenters. The van der Waals surface area contributed by atoms with E-state index in [1.54, 1.807) is 35.5 Å². The van der Waals surface area contributed by atoms with Crippen LogP contribution in [0.5, 0.6) is 0 Å². The highest BCUT2D eigenvalue weighted by molar-refractivity contribution is 5.94. The van der Waals surface area contributed by atoms with Crippen LogP contribution in [-0.2, 0) is 12.4 Å². The molecule has 1 amide bonds. The van der Waals surface area contributed by atoms with Crippen molar-refractivity contribution in [3.63, 3.8) is 0 Å². The highest BCUT2D eigenvalue weighted by atomic mass is 19.4. The minimum absolute atomic E-state index is 0.0750. The van der Waals surface area contributed by atoms with Gasteiger partial charge in [-0.2, -0.15) is 31.4 Å². The van der Waals surface area contributed by atoms with Crippen LogP contribution in [0.2, 0.25) is 0 Å². The van der Waals surface area contributed by atoms with Gasteiger partial charge < -0.3 is 9.88 Å². The Hall–Kier alpha value is -4.88. The number of likely N-dealkylation sites (tertiary alicyclic amines) is 1. The summed E-state index contributed by atoms with van der Waals surface area (Å²) in [5.74, 6) is -0.405. The molecule has 14 heteroatoms. The van der Waals surface area contributed by atoms with Gasteiger partial charge >= 0.3 is 18.0 Å². The molecule has 228 valence electrons. The number of fused-ring (bicyclic) bond motifs is 1. The lowest BCUT2D eigenvalue weighted by molar-refractivity contribution is -0.138. The van der Waals surface area contributed by atoms with Crippen molar-refractivity contribution in [2.24, 2.45) is 0 Å². The first-order valence-electron chi connectivity index (χ1n) is 13.6. The lowest BCUT2D eigenvalue weighted by atomic mass is 9.97. The molecule has 1 aliphatic heterocycles. The summed E-state index contributed by atoms with van der Waals surface area (Å²) < 4.78 is 81.8. The number of rotatable bonds is 4. The van der Waals surface area contributed by atoms with E-state index in [1.165, 1.54) is 27.4 Å². The number of aromatic nitrogens is 5. The van der Waals surface area contributed by atoms with Crippen molar-refractivity contribution in [1.29, 1.82) is 0 Å². The molecule has 1 N–H and O–H groups in total. The molecule has 0 bridgehead atoms. The maximum absolute atomic E-state index is 13.7. The van der Waals surface area contributed by atoms with E-state index in [0.29, 0.717) is 35.3 Å². The van der Waals surface area contributed by atoms with Gasteiger partial charge in [0.25, 0.3) is 5.91 Å². The molecule has 0 saturated carbocycles. The average molecular weight is 615 g/mol. The lowest BCUT2D eigenvalue weighted by Crippen LogP contribution is -2.46. The van der Waals surface area contributed by atoms with Crippen LogP contribution >= 0.6 is 0 Å². The molecule has 0 radical (unpaired) electrons. The third-order valence-corrected chi connectivity index (χ3v) is 7.86. The predicted octanol–water partition coefficient (Wildman–Crippen LogP) is 6.48.